The quantitative estimate of drug-likeness (QED) is 0.638. The van der Waals surface area contributed by atoms with Gasteiger partial charge in [-0.15, -0.1) is 0 Å². The zero-order valence-electron chi connectivity index (χ0n) is 19.9. The van der Waals surface area contributed by atoms with Gasteiger partial charge in [0.2, 0.25) is 5.91 Å². The van der Waals surface area contributed by atoms with E-state index in [1.807, 2.05) is 38.1 Å². The lowest BCUT2D eigenvalue weighted by molar-refractivity contribution is -0.147. The molecule has 1 saturated heterocycles. The Balaban J connectivity index is 1.36. The van der Waals surface area contributed by atoms with Gasteiger partial charge in [-0.05, 0) is 41.5 Å². The molecule has 1 fully saturated rings. The molecule has 4 rings (SSSR count). The summed E-state index contributed by atoms with van der Waals surface area (Å²) in [5, 5.41) is 12.3. The molecule has 1 aliphatic carbocycles. The van der Waals surface area contributed by atoms with Crippen molar-refractivity contribution >= 4 is 18.0 Å². The number of carbonyl (C=O) groups excluding carboxylic acids is 2. The topological polar surface area (TPSA) is 95.9 Å². The fourth-order valence-electron chi connectivity index (χ4n) is 4.91. The van der Waals surface area contributed by atoms with Crippen LogP contribution in [0.5, 0.6) is 0 Å². The molecule has 0 spiro atoms. The second-order valence-electron chi connectivity index (χ2n) is 9.96. The second kappa shape index (κ2) is 9.49. The normalized spacial score (nSPS) is 20.1. The highest BCUT2D eigenvalue weighted by molar-refractivity contribution is 5.82. The van der Waals surface area contributed by atoms with E-state index < -0.39 is 23.5 Å². The van der Waals surface area contributed by atoms with E-state index in [2.05, 4.69) is 29.6 Å². The molecule has 0 bridgehead atoms. The number of aliphatic carboxylic acids is 1. The van der Waals surface area contributed by atoms with Gasteiger partial charge in [0.05, 0.1) is 5.41 Å². The number of amides is 2. The summed E-state index contributed by atoms with van der Waals surface area (Å²) in [6, 6.07) is 15.9. The molecule has 2 amide bonds. The van der Waals surface area contributed by atoms with Crippen LogP contribution in [-0.4, -0.2) is 53.7 Å². The Morgan fingerprint density at radius 3 is 2.21 bits per heavy atom. The number of fused-ring (bicyclic) bond motifs is 3. The number of nitrogens with one attached hydrogen (secondary N) is 1. The van der Waals surface area contributed by atoms with Gasteiger partial charge >= 0.3 is 12.1 Å². The Labute approximate surface area is 200 Å². The summed E-state index contributed by atoms with van der Waals surface area (Å²) in [5.41, 5.74) is 3.70. The number of hydrogen-bond acceptors (Lipinski definition) is 4. The largest absolute Gasteiger partial charge is 0.481 e. The number of nitrogens with zero attached hydrogens (tertiary/aromatic N) is 1. The molecule has 34 heavy (non-hydrogen) atoms. The molecule has 180 valence electrons. The molecule has 0 radical (unpaired) electrons. The molecule has 1 unspecified atom stereocenters. The van der Waals surface area contributed by atoms with Gasteiger partial charge in [0.15, 0.2) is 0 Å². The van der Waals surface area contributed by atoms with Gasteiger partial charge in [0.1, 0.15) is 6.61 Å². The number of ether oxygens (including phenoxy) is 1. The summed E-state index contributed by atoms with van der Waals surface area (Å²) in [6.07, 6.45) is -0.0113. The Morgan fingerprint density at radius 1 is 1.09 bits per heavy atom. The van der Waals surface area contributed by atoms with Crippen LogP contribution in [0.4, 0.5) is 4.79 Å². The lowest BCUT2D eigenvalue weighted by atomic mass is 9.90. The summed E-state index contributed by atoms with van der Waals surface area (Å²) < 4.78 is 5.64. The van der Waals surface area contributed by atoms with Crippen molar-refractivity contribution in [2.45, 2.75) is 45.6 Å². The van der Waals surface area contributed by atoms with Gasteiger partial charge in [0.25, 0.3) is 0 Å². The van der Waals surface area contributed by atoms with Crippen molar-refractivity contribution in [3.05, 3.63) is 59.7 Å². The zero-order chi connectivity index (χ0) is 24.5. The summed E-state index contributed by atoms with van der Waals surface area (Å²) >= 11 is 0. The third-order valence-corrected chi connectivity index (χ3v) is 7.19. The number of carboxylic acid groups (broad SMARTS) is 1. The first-order valence-corrected chi connectivity index (χ1v) is 11.8. The summed E-state index contributed by atoms with van der Waals surface area (Å²) in [4.78, 5) is 38.6. The Bertz CT molecular complexity index is 1050. The third-order valence-electron chi connectivity index (χ3n) is 7.19. The number of likely N-dealkylation sites (tertiary alicyclic amines) is 1. The third kappa shape index (κ3) is 4.65. The first-order valence-electron chi connectivity index (χ1n) is 11.8. The first-order chi connectivity index (χ1) is 16.2. The number of carboxylic acids is 1. The number of alkyl carbamates (subject to hydrolysis) is 1. The molecule has 7 nitrogen and oxygen atoms in total. The Morgan fingerprint density at radius 2 is 1.68 bits per heavy atom. The maximum Gasteiger partial charge on any atom is 0.407 e. The maximum atomic E-state index is 12.8. The highest BCUT2D eigenvalue weighted by atomic mass is 16.5. The summed E-state index contributed by atoms with van der Waals surface area (Å²) in [7, 11) is 0. The highest BCUT2D eigenvalue weighted by Gasteiger charge is 2.42. The molecule has 2 N–H and O–H groups in total. The number of benzene rings is 2. The van der Waals surface area contributed by atoms with Crippen molar-refractivity contribution < 1.29 is 24.2 Å². The standard InChI is InChI=1S/C27H32N2O5/c1-17(2)23(14-24(30)29-13-12-27(3,16-29)25(31)32)28-26(33)34-15-22-20-10-6-4-8-18(20)19-9-5-7-11-21(19)22/h4-11,17,22-23H,12-16H2,1-3H3,(H,28,33)(H,31,32)/t23-,27?/m1/s1. The monoisotopic (exact) mass is 464 g/mol. The number of rotatable bonds is 7. The SMILES string of the molecule is CC(C)[C@@H](CC(=O)N1CCC(C)(C(=O)O)C1)NC(=O)OCC1c2ccccc2-c2ccccc21. The minimum Gasteiger partial charge on any atom is -0.481 e. The average Bonchev–Trinajstić information content (AvgIpc) is 3.37. The molecule has 2 aliphatic rings. The molecule has 1 aliphatic heterocycles. The maximum absolute atomic E-state index is 12.8. The van der Waals surface area contributed by atoms with E-state index in [0.717, 1.165) is 22.3 Å². The molecule has 0 aromatic heterocycles. The van der Waals surface area contributed by atoms with E-state index in [-0.39, 0.29) is 37.3 Å². The molecule has 2 aromatic carbocycles. The molecular weight excluding hydrogens is 432 g/mol. The number of hydrogen-bond donors (Lipinski definition) is 2. The minimum absolute atomic E-state index is 0.0119. The predicted octanol–water partition coefficient (Wildman–Crippen LogP) is 4.26. The van der Waals surface area contributed by atoms with Crippen molar-refractivity contribution in [2.24, 2.45) is 11.3 Å². The number of carbonyl (C=O) groups is 3. The van der Waals surface area contributed by atoms with Crippen molar-refractivity contribution in [1.29, 1.82) is 0 Å². The van der Waals surface area contributed by atoms with Crippen LogP contribution in [0.25, 0.3) is 11.1 Å². The predicted molar refractivity (Wildman–Crippen MR) is 128 cm³/mol. The van der Waals surface area contributed by atoms with Gasteiger partial charge < -0.3 is 20.1 Å². The van der Waals surface area contributed by atoms with Crippen LogP contribution in [0.3, 0.4) is 0 Å². The fourth-order valence-corrected chi connectivity index (χ4v) is 4.91. The van der Waals surface area contributed by atoms with Crippen molar-refractivity contribution in [2.75, 3.05) is 19.7 Å². The van der Waals surface area contributed by atoms with Crippen LogP contribution in [-0.2, 0) is 14.3 Å². The molecule has 0 saturated carbocycles. The van der Waals surface area contributed by atoms with Gasteiger partial charge in [-0.1, -0.05) is 62.4 Å². The van der Waals surface area contributed by atoms with E-state index in [0.29, 0.717) is 13.0 Å². The Kier molecular flexibility index (Phi) is 6.64. The summed E-state index contributed by atoms with van der Waals surface area (Å²) in [6.45, 7) is 6.35. The molecule has 7 heteroatoms. The smallest absolute Gasteiger partial charge is 0.407 e. The van der Waals surface area contributed by atoms with Gasteiger partial charge in [0, 0.05) is 31.5 Å². The molecular formula is C27H32N2O5. The zero-order valence-corrected chi connectivity index (χ0v) is 19.9. The molecule has 2 atom stereocenters. The van der Waals surface area contributed by atoms with Crippen LogP contribution in [0.15, 0.2) is 48.5 Å². The Hall–Kier alpha value is -3.35. The van der Waals surface area contributed by atoms with Crippen LogP contribution in [0, 0.1) is 11.3 Å². The van der Waals surface area contributed by atoms with E-state index in [1.54, 1.807) is 11.8 Å². The molecule has 2 aromatic rings. The van der Waals surface area contributed by atoms with Crippen molar-refractivity contribution in [3.63, 3.8) is 0 Å². The van der Waals surface area contributed by atoms with Crippen LogP contribution >= 0.6 is 0 Å². The fraction of sp³-hybridized carbons (Fsp3) is 0.444. The lowest BCUT2D eigenvalue weighted by Crippen LogP contribution is -2.44. The summed E-state index contributed by atoms with van der Waals surface area (Å²) in [5.74, 6) is -1.06. The van der Waals surface area contributed by atoms with Crippen LogP contribution < -0.4 is 5.32 Å². The van der Waals surface area contributed by atoms with E-state index in [1.165, 1.54) is 0 Å². The average molecular weight is 465 g/mol. The highest BCUT2D eigenvalue weighted by Crippen LogP contribution is 2.44. The first kappa shape index (κ1) is 23.8. The van der Waals surface area contributed by atoms with E-state index >= 15 is 0 Å². The van der Waals surface area contributed by atoms with Crippen molar-refractivity contribution in [3.8, 4) is 11.1 Å². The van der Waals surface area contributed by atoms with Gasteiger partial charge in [-0.2, -0.15) is 0 Å². The lowest BCUT2D eigenvalue weighted by Gasteiger charge is -2.26. The minimum atomic E-state index is -0.913. The van der Waals surface area contributed by atoms with Gasteiger partial charge in [-0.25, -0.2) is 4.79 Å². The van der Waals surface area contributed by atoms with Crippen LogP contribution in [0.2, 0.25) is 0 Å². The molecule has 1 heterocycles. The van der Waals surface area contributed by atoms with E-state index in [4.69, 9.17) is 4.74 Å². The van der Waals surface area contributed by atoms with E-state index in [9.17, 15) is 19.5 Å². The van der Waals surface area contributed by atoms with Gasteiger partial charge in [-0.3, -0.25) is 9.59 Å². The van der Waals surface area contributed by atoms with Crippen LogP contribution in [0.1, 0.15) is 50.7 Å². The van der Waals surface area contributed by atoms with Crippen molar-refractivity contribution in [1.82, 2.24) is 10.2 Å². The second-order valence-corrected chi connectivity index (χ2v) is 9.96.